The Bertz CT molecular complexity index is 870. The first-order valence-corrected chi connectivity index (χ1v) is 7.39. The number of benzene rings is 2. The van der Waals surface area contributed by atoms with E-state index in [1.807, 2.05) is 6.07 Å². The molecule has 2 aromatic carbocycles. The number of allylic oxidation sites excluding steroid dienone is 1. The molecule has 24 heavy (non-hydrogen) atoms. The first-order chi connectivity index (χ1) is 11.5. The quantitative estimate of drug-likeness (QED) is 0.530. The average Bonchev–Trinajstić information content (AvgIpc) is 2.58. The van der Waals surface area contributed by atoms with E-state index in [0.717, 1.165) is 5.56 Å². The van der Waals surface area contributed by atoms with E-state index in [9.17, 15) is 20.0 Å². The van der Waals surface area contributed by atoms with Crippen LogP contribution in [0.1, 0.15) is 27.9 Å². The number of phenolic OH excluding ortho intramolecular Hbond substituents is 1. The number of rotatable bonds is 3. The van der Waals surface area contributed by atoms with E-state index in [4.69, 9.17) is 4.74 Å². The molecular weight excluding hydrogens is 310 g/mol. The third-order valence-electron chi connectivity index (χ3n) is 4.05. The molecule has 2 aromatic rings. The normalized spacial score (nSPS) is 15.2. The van der Waals surface area contributed by atoms with E-state index < -0.39 is 10.7 Å². The van der Waals surface area contributed by atoms with Crippen molar-refractivity contribution in [3.63, 3.8) is 0 Å². The van der Waals surface area contributed by atoms with E-state index in [0.29, 0.717) is 35.3 Å². The van der Waals surface area contributed by atoms with Crippen LogP contribution in [-0.2, 0) is 6.42 Å². The van der Waals surface area contributed by atoms with Crippen LogP contribution in [0.4, 0.5) is 5.69 Å². The molecule has 0 fully saturated rings. The van der Waals surface area contributed by atoms with Gasteiger partial charge in [-0.05, 0) is 54.3 Å². The van der Waals surface area contributed by atoms with Crippen molar-refractivity contribution in [2.24, 2.45) is 0 Å². The summed E-state index contributed by atoms with van der Waals surface area (Å²) in [5.74, 6) is 0.229. The Balaban J connectivity index is 1.96. The number of carbonyl (C=O) groups excluding carboxylic acids is 1. The zero-order valence-corrected chi connectivity index (χ0v) is 13.0. The van der Waals surface area contributed by atoms with Crippen molar-refractivity contribution in [3.05, 3.63) is 68.8 Å². The molecule has 0 atom stereocenters. The number of Topliss-reactive ketones (excluding diaryl/α,β-unsaturated/α-hetero) is 1. The van der Waals surface area contributed by atoms with Crippen LogP contribution in [0.15, 0.2) is 42.0 Å². The summed E-state index contributed by atoms with van der Waals surface area (Å²) in [5.41, 5.74) is 2.29. The largest absolute Gasteiger partial charge is 0.502 e. The number of fused-ring (bicyclic) bond motifs is 1. The number of phenols is 1. The van der Waals surface area contributed by atoms with Crippen molar-refractivity contribution in [3.8, 4) is 11.5 Å². The standard InChI is InChI=1S/C18H15NO5/c1-24-14-5-6-15-12(10-14)3-4-13(18(15)21)8-11-2-7-17(20)16(9-11)19(22)23/h2,5-10,20H,3-4H2,1H3. The summed E-state index contributed by atoms with van der Waals surface area (Å²) in [4.78, 5) is 22.9. The maximum atomic E-state index is 12.6. The van der Waals surface area contributed by atoms with Gasteiger partial charge in [-0.25, -0.2) is 0 Å². The van der Waals surface area contributed by atoms with Gasteiger partial charge in [-0.15, -0.1) is 0 Å². The fourth-order valence-electron chi connectivity index (χ4n) is 2.80. The van der Waals surface area contributed by atoms with Gasteiger partial charge in [0.2, 0.25) is 0 Å². The molecule has 6 nitrogen and oxygen atoms in total. The Hall–Kier alpha value is -3.15. The molecule has 3 rings (SSSR count). The maximum Gasteiger partial charge on any atom is 0.311 e. The number of methoxy groups -OCH3 is 1. The van der Waals surface area contributed by atoms with Crippen LogP contribution >= 0.6 is 0 Å². The number of nitrogens with zero attached hydrogens (tertiary/aromatic N) is 1. The summed E-state index contributed by atoms with van der Waals surface area (Å²) in [6, 6.07) is 9.41. The van der Waals surface area contributed by atoms with Gasteiger partial charge >= 0.3 is 5.69 Å². The number of carbonyl (C=O) groups is 1. The van der Waals surface area contributed by atoms with Crippen LogP contribution < -0.4 is 4.74 Å². The molecule has 6 heteroatoms. The van der Waals surface area contributed by atoms with Crippen LogP contribution in [0.25, 0.3) is 6.08 Å². The molecular formula is C18H15NO5. The van der Waals surface area contributed by atoms with Crippen molar-refractivity contribution in [2.45, 2.75) is 12.8 Å². The van der Waals surface area contributed by atoms with Crippen molar-refractivity contribution < 1.29 is 19.6 Å². The predicted molar refractivity (Wildman–Crippen MR) is 88.4 cm³/mol. The van der Waals surface area contributed by atoms with Gasteiger partial charge in [0.25, 0.3) is 0 Å². The fraction of sp³-hybridized carbons (Fsp3) is 0.167. The Morgan fingerprint density at radius 3 is 2.71 bits per heavy atom. The predicted octanol–water partition coefficient (Wildman–Crippen LogP) is 3.52. The Morgan fingerprint density at radius 2 is 2.00 bits per heavy atom. The molecule has 0 spiro atoms. The number of aryl methyl sites for hydroxylation is 1. The van der Waals surface area contributed by atoms with Crippen LogP contribution in [0.2, 0.25) is 0 Å². The highest BCUT2D eigenvalue weighted by Gasteiger charge is 2.22. The van der Waals surface area contributed by atoms with Gasteiger partial charge in [0.1, 0.15) is 5.75 Å². The molecule has 0 amide bonds. The summed E-state index contributed by atoms with van der Waals surface area (Å²) < 4.78 is 5.17. The zero-order valence-electron chi connectivity index (χ0n) is 13.0. The molecule has 0 unspecified atom stereocenters. The van der Waals surface area contributed by atoms with Gasteiger partial charge in [-0.2, -0.15) is 0 Å². The Kier molecular flexibility index (Phi) is 4.04. The minimum atomic E-state index is -0.651. The molecule has 1 aliphatic rings. The third kappa shape index (κ3) is 2.86. The summed E-state index contributed by atoms with van der Waals surface area (Å²) in [6.07, 6.45) is 2.89. The average molecular weight is 325 g/mol. The summed E-state index contributed by atoms with van der Waals surface area (Å²) in [7, 11) is 1.58. The summed E-state index contributed by atoms with van der Waals surface area (Å²) in [5, 5.41) is 20.4. The molecule has 0 aromatic heterocycles. The third-order valence-corrected chi connectivity index (χ3v) is 4.05. The molecule has 0 radical (unpaired) electrons. The molecule has 0 bridgehead atoms. The van der Waals surface area contributed by atoms with E-state index in [-0.39, 0.29) is 11.5 Å². The number of aromatic hydroxyl groups is 1. The van der Waals surface area contributed by atoms with E-state index in [1.54, 1.807) is 31.4 Å². The highest BCUT2D eigenvalue weighted by atomic mass is 16.6. The molecule has 122 valence electrons. The van der Waals surface area contributed by atoms with E-state index in [2.05, 4.69) is 0 Å². The lowest BCUT2D eigenvalue weighted by atomic mass is 9.86. The smallest absolute Gasteiger partial charge is 0.311 e. The number of hydrogen-bond donors (Lipinski definition) is 1. The van der Waals surface area contributed by atoms with Gasteiger partial charge in [0.05, 0.1) is 12.0 Å². The SMILES string of the molecule is COc1ccc2c(c1)CCC(=Cc1ccc(O)c([N+](=O)[O-])c1)C2=O. The molecule has 0 saturated carbocycles. The Labute approximate surface area is 138 Å². The minimum absolute atomic E-state index is 0.0883. The second-order valence-electron chi connectivity index (χ2n) is 5.53. The fourth-order valence-corrected chi connectivity index (χ4v) is 2.80. The maximum absolute atomic E-state index is 12.6. The molecule has 1 N–H and O–H groups in total. The summed E-state index contributed by atoms with van der Waals surface area (Å²) in [6.45, 7) is 0. The first kappa shape index (κ1) is 15.7. The highest BCUT2D eigenvalue weighted by molar-refractivity contribution is 6.13. The number of hydrogen-bond acceptors (Lipinski definition) is 5. The van der Waals surface area contributed by atoms with Crippen molar-refractivity contribution in [1.29, 1.82) is 0 Å². The molecule has 0 saturated heterocycles. The van der Waals surface area contributed by atoms with Crippen molar-refractivity contribution in [1.82, 2.24) is 0 Å². The van der Waals surface area contributed by atoms with E-state index in [1.165, 1.54) is 12.1 Å². The topological polar surface area (TPSA) is 89.7 Å². The number of nitro benzene ring substituents is 1. The number of ether oxygens (including phenoxy) is 1. The van der Waals surface area contributed by atoms with Crippen LogP contribution in [0.5, 0.6) is 11.5 Å². The minimum Gasteiger partial charge on any atom is -0.502 e. The lowest BCUT2D eigenvalue weighted by Gasteiger charge is -2.18. The van der Waals surface area contributed by atoms with Crippen LogP contribution in [0.3, 0.4) is 0 Å². The van der Waals surface area contributed by atoms with Crippen LogP contribution in [-0.4, -0.2) is 22.9 Å². The molecule has 1 aliphatic carbocycles. The van der Waals surface area contributed by atoms with Gasteiger partial charge in [0, 0.05) is 17.2 Å². The van der Waals surface area contributed by atoms with Gasteiger partial charge in [0.15, 0.2) is 11.5 Å². The van der Waals surface area contributed by atoms with Crippen LogP contribution in [0, 0.1) is 10.1 Å². The first-order valence-electron chi connectivity index (χ1n) is 7.39. The number of ketones is 1. The van der Waals surface area contributed by atoms with Gasteiger partial charge in [-0.1, -0.05) is 6.07 Å². The van der Waals surface area contributed by atoms with Crippen molar-refractivity contribution in [2.75, 3.05) is 7.11 Å². The lowest BCUT2D eigenvalue weighted by Crippen LogP contribution is -2.14. The van der Waals surface area contributed by atoms with E-state index >= 15 is 0 Å². The lowest BCUT2D eigenvalue weighted by molar-refractivity contribution is -0.385. The van der Waals surface area contributed by atoms with Crippen molar-refractivity contribution >= 4 is 17.5 Å². The monoisotopic (exact) mass is 325 g/mol. The Morgan fingerprint density at radius 1 is 1.21 bits per heavy atom. The summed E-state index contributed by atoms with van der Waals surface area (Å²) >= 11 is 0. The molecule has 0 heterocycles. The van der Waals surface area contributed by atoms with Gasteiger partial charge in [-0.3, -0.25) is 14.9 Å². The second-order valence-corrected chi connectivity index (χ2v) is 5.53. The van der Waals surface area contributed by atoms with Gasteiger partial charge < -0.3 is 9.84 Å². The highest BCUT2D eigenvalue weighted by Crippen LogP contribution is 2.31. The second kappa shape index (κ2) is 6.16. The molecule has 0 aliphatic heterocycles. The zero-order chi connectivity index (χ0) is 17.3. The number of nitro groups is 1.